The number of benzene rings is 1. The molecule has 3 nitrogen and oxygen atoms in total. The maximum absolute atomic E-state index is 5.37. The van der Waals surface area contributed by atoms with Gasteiger partial charge in [0.15, 0.2) is 0 Å². The van der Waals surface area contributed by atoms with Crippen LogP contribution in [0.5, 0.6) is 5.75 Å². The van der Waals surface area contributed by atoms with Gasteiger partial charge in [-0.3, -0.25) is 0 Å². The summed E-state index contributed by atoms with van der Waals surface area (Å²) in [6.45, 7) is 0.784. The number of aromatic nitrogens is 1. The van der Waals surface area contributed by atoms with E-state index in [2.05, 4.69) is 45.3 Å². The Morgan fingerprint density at radius 2 is 2.17 bits per heavy atom. The quantitative estimate of drug-likeness (QED) is 0.629. The van der Waals surface area contributed by atoms with Gasteiger partial charge >= 0.3 is 0 Å². The van der Waals surface area contributed by atoms with Gasteiger partial charge in [0.2, 0.25) is 0 Å². The molecular weight excluding hydrogens is 336 g/mol. The van der Waals surface area contributed by atoms with Crippen LogP contribution < -0.4 is 10.1 Å². The number of methoxy groups -OCH3 is 1. The molecule has 0 spiro atoms. The van der Waals surface area contributed by atoms with E-state index in [0.29, 0.717) is 0 Å². The highest BCUT2D eigenvalue weighted by Crippen LogP contribution is 2.22. The molecule has 5 heteroatoms. The van der Waals surface area contributed by atoms with Gasteiger partial charge in [0.25, 0.3) is 0 Å². The van der Waals surface area contributed by atoms with Gasteiger partial charge in [-0.15, -0.1) is 11.3 Å². The van der Waals surface area contributed by atoms with Gasteiger partial charge in [-0.25, -0.2) is 4.98 Å². The van der Waals surface area contributed by atoms with Crippen molar-refractivity contribution in [3.8, 4) is 5.75 Å². The Morgan fingerprint density at radius 1 is 1.25 bits per heavy atom. The minimum absolute atomic E-state index is 0.238. The average Bonchev–Trinajstić information content (AvgIpc) is 3.31. The lowest BCUT2D eigenvalue weighted by molar-refractivity contribution is 0.414. The summed E-state index contributed by atoms with van der Waals surface area (Å²) in [5.41, 5.74) is 2.44. The molecule has 2 heterocycles. The molecule has 2 aromatic heterocycles. The Labute approximate surface area is 150 Å². The number of thiophene rings is 1. The third kappa shape index (κ3) is 4.54. The summed E-state index contributed by atoms with van der Waals surface area (Å²) < 4.78 is 5.37. The molecule has 1 N–H and O–H groups in total. The first kappa shape index (κ1) is 16.9. The van der Waals surface area contributed by atoms with Crippen LogP contribution in [0.25, 0.3) is 6.08 Å². The Hall–Kier alpha value is -1.95. The zero-order valence-corrected chi connectivity index (χ0v) is 15.1. The molecule has 1 aromatic carbocycles. The second-order valence-electron chi connectivity index (χ2n) is 5.31. The highest BCUT2D eigenvalue weighted by atomic mass is 32.1. The molecule has 0 unspecified atom stereocenters. The summed E-state index contributed by atoms with van der Waals surface area (Å²) >= 11 is 3.43. The molecule has 0 amide bonds. The second-order valence-corrected chi connectivity index (χ2v) is 7.02. The second kappa shape index (κ2) is 8.78. The van der Waals surface area contributed by atoms with Gasteiger partial charge in [0.1, 0.15) is 10.8 Å². The Kier molecular flexibility index (Phi) is 6.18. The van der Waals surface area contributed by atoms with E-state index < -0.39 is 0 Å². The monoisotopic (exact) mass is 356 g/mol. The van der Waals surface area contributed by atoms with Gasteiger partial charge < -0.3 is 10.1 Å². The van der Waals surface area contributed by atoms with Crippen molar-refractivity contribution in [3.63, 3.8) is 0 Å². The predicted molar refractivity (Wildman–Crippen MR) is 103 cm³/mol. The number of nitrogens with one attached hydrogen (secondary N) is 1. The van der Waals surface area contributed by atoms with Crippen molar-refractivity contribution in [2.24, 2.45) is 0 Å². The molecule has 124 valence electrons. The molecule has 0 radical (unpaired) electrons. The highest BCUT2D eigenvalue weighted by Gasteiger charge is 2.14. The summed E-state index contributed by atoms with van der Waals surface area (Å²) in [6.07, 6.45) is 7.05. The molecule has 0 bridgehead atoms. The SMILES string of the molecule is COc1ccccc1/C=C/CN[C@H](Cc1ccsc1)c1nccs1. The van der Waals surface area contributed by atoms with E-state index in [1.54, 1.807) is 29.8 Å². The molecule has 3 aromatic rings. The number of hydrogen-bond acceptors (Lipinski definition) is 5. The Bertz CT molecular complexity index is 752. The van der Waals surface area contributed by atoms with Crippen molar-refractivity contribution in [3.05, 3.63) is 74.9 Å². The van der Waals surface area contributed by atoms with Gasteiger partial charge in [-0.2, -0.15) is 11.3 Å². The number of rotatable bonds is 8. The van der Waals surface area contributed by atoms with Gasteiger partial charge in [0, 0.05) is 23.7 Å². The first-order valence-electron chi connectivity index (χ1n) is 7.80. The number of hydrogen-bond donors (Lipinski definition) is 1. The number of thiazole rings is 1. The third-order valence-electron chi connectivity index (χ3n) is 3.69. The zero-order chi connectivity index (χ0) is 16.6. The van der Waals surface area contributed by atoms with E-state index in [4.69, 9.17) is 4.74 Å². The molecule has 0 saturated carbocycles. The molecule has 0 fully saturated rings. The lowest BCUT2D eigenvalue weighted by Crippen LogP contribution is -2.23. The summed E-state index contributed by atoms with van der Waals surface area (Å²) in [5.74, 6) is 0.892. The van der Waals surface area contributed by atoms with Crippen LogP contribution in [0.2, 0.25) is 0 Å². The Morgan fingerprint density at radius 3 is 2.92 bits per heavy atom. The molecule has 0 aliphatic heterocycles. The average molecular weight is 357 g/mol. The predicted octanol–water partition coefficient (Wildman–Crippen LogP) is 4.80. The van der Waals surface area contributed by atoms with E-state index in [-0.39, 0.29) is 6.04 Å². The summed E-state index contributed by atoms with van der Waals surface area (Å²) in [4.78, 5) is 4.48. The topological polar surface area (TPSA) is 34.1 Å². The van der Waals surface area contributed by atoms with Gasteiger partial charge in [-0.05, 0) is 34.9 Å². The first-order valence-corrected chi connectivity index (χ1v) is 9.62. The van der Waals surface area contributed by atoms with Gasteiger partial charge in [0.05, 0.1) is 13.2 Å². The van der Waals surface area contributed by atoms with Crippen LogP contribution >= 0.6 is 22.7 Å². The molecule has 0 saturated heterocycles. The minimum atomic E-state index is 0.238. The largest absolute Gasteiger partial charge is 0.496 e. The van der Waals surface area contributed by atoms with Crippen molar-refractivity contribution in [1.82, 2.24) is 10.3 Å². The molecule has 1 atom stereocenters. The number of nitrogens with zero attached hydrogens (tertiary/aromatic N) is 1. The van der Waals surface area contributed by atoms with Crippen LogP contribution in [0.1, 0.15) is 22.2 Å². The number of ether oxygens (including phenoxy) is 1. The van der Waals surface area contributed by atoms with Crippen molar-refractivity contribution >= 4 is 28.7 Å². The maximum atomic E-state index is 5.37. The van der Waals surface area contributed by atoms with Crippen molar-refractivity contribution < 1.29 is 4.74 Å². The summed E-state index contributed by atoms with van der Waals surface area (Å²) in [6, 6.07) is 10.4. The van der Waals surface area contributed by atoms with E-state index in [9.17, 15) is 0 Å². The van der Waals surface area contributed by atoms with Crippen LogP contribution in [0, 0.1) is 0 Å². The molecule has 0 aliphatic rings. The molecule has 3 rings (SSSR count). The van der Waals surface area contributed by atoms with E-state index in [1.807, 2.05) is 29.8 Å². The third-order valence-corrected chi connectivity index (χ3v) is 5.31. The van der Waals surface area contributed by atoms with E-state index in [1.165, 1.54) is 5.56 Å². The Balaban J connectivity index is 1.62. The fourth-order valence-corrected chi connectivity index (χ4v) is 3.89. The fourth-order valence-electron chi connectivity index (χ4n) is 2.50. The van der Waals surface area contributed by atoms with Crippen molar-refractivity contribution in [1.29, 1.82) is 0 Å². The lowest BCUT2D eigenvalue weighted by Gasteiger charge is -2.14. The van der Waals surface area contributed by atoms with Gasteiger partial charge in [-0.1, -0.05) is 30.4 Å². The summed E-state index contributed by atoms with van der Waals surface area (Å²) in [5, 5.41) is 11.1. The van der Waals surface area contributed by atoms with E-state index in [0.717, 1.165) is 29.3 Å². The normalized spacial score (nSPS) is 12.5. The van der Waals surface area contributed by atoms with E-state index >= 15 is 0 Å². The fraction of sp³-hybridized carbons (Fsp3) is 0.211. The first-order chi connectivity index (χ1) is 11.9. The van der Waals surface area contributed by atoms with Crippen LogP contribution in [0.15, 0.2) is 58.7 Å². The van der Waals surface area contributed by atoms with Crippen molar-refractivity contribution in [2.75, 3.05) is 13.7 Å². The van der Waals surface area contributed by atoms with Crippen LogP contribution in [-0.4, -0.2) is 18.6 Å². The lowest BCUT2D eigenvalue weighted by atomic mass is 10.1. The minimum Gasteiger partial charge on any atom is -0.496 e. The zero-order valence-electron chi connectivity index (χ0n) is 13.5. The molecule has 24 heavy (non-hydrogen) atoms. The van der Waals surface area contributed by atoms with Crippen LogP contribution in [0.3, 0.4) is 0 Å². The number of para-hydroxylation sites is 1. The molecule has 0 aliphatic carbocycles. The smallest absolute Gasteiger partial charge is 0.126 e. The summed E-state index contributed by atoms with van der Waals surface area (Å²) in [7, 11) is 1.70. The standard InChI is InChI=1S/C19H20N2OS2/c1-22-18-7-3-2-5-16(18)6-4-9-20-17(19-21-10-12-24-19)13-15-8-11-23-14-15/h2-8,10-12,14,17,20H,9,13H2,1H3/b6-4+/t17-/m1/s1. The van der Waals surface area contributed by atoms with Crippen LogP contribution in [0.4, 0.5) is 0 Å². The van der Waals surface area contributed by atoms with Crippen molar-refractivity contribution in [2.45, 2.75) is 12.5 Å². The van der Waals surface area contributed by atoms with Crippen LogP contribution in [-0.2, 0) is 6.42 Å². The molecular formula is C19H20N2OS2. The highest BCUT2D eigenvalue weighted by molar-refractivity contribution is 7.09. The maximum Gasteiger partial charge on any atom is 0.126 e.